The maximum absolute atomic E-state index is 11.9. The van der Waals surface area contributed by atoms with Gasteiger partial charge >= 0.3 is 6.09 Å². The molecule has 120 valence electrons. The standard InChI is InChI=1S/C15H19ClN2O4/c1-18(15(21)22)7-6-12-11-8-9(3-5-13(16)19)2-4-10(11)14(20)17-12/h2,4,8,12-13,19H,3,5-7H2,1H3,(H,17,20)(H,21,22). The molecule has 2 unspecified atom stereocenters. The van der Waals surface area contributed by atoms with E-state index in [1.807, 2.05) is 12.1 Å². The van der Waals surface area contributed by atoms with Gasteiger partial charge in [-0.05, 0) is 36.5 Å². The van der Waals surface area contributed by atoms with Crippen molar-refractivity contribution in [3.63, 3.8) is 0 Å². The molecule has 6 nitrogen and oxygen atoms in total. The molecule has 3 N–H and O–H groups in total. The number of carbonyl (C=O) groups excluding carboxylic acids is 1. The number of amides is 2. The Morgan fingerprint density at radius 3 is 2.86 bits per heavy atom. The molecule has 1 heterocycles. The molecule has 1 aliphatic heterocycles. The number of rotatable bonds is 6. The van der Waals surface area contributed by atoms with Crippen LogP contribution in [0.25, 0.3) is 0 Å². The molecule has 0 saturated carbocycles. The van der Waals surface area contributed by atoms with Crippen molar-refractivity contribution in [2.24, 2.45) is 0 Å². The SMILES string of the molecule is CN(CCC1NC(=O)c2ccc(CCC(O)Cl)cc21)C(=O)O. The number of halogens is 1. The van der Waals surface area contributed by atoms with Crippen LogP contribution < -0.4 is 5.32 Å². The molecule has 2 rings (SSSR count). The van der Waals surface area contributed by atoms with Crippen LogP contribution in [0.3, 0.4) is 0 Å². The van der Waals surface area contributed by atoms with Crippen molar-refractivity contribution >= 4 is 23.6 Å². The largest absolute Gasteiger partial charge is 0.465 e. The summed E-state index contributed by atoms with van der Waals surface area (Å²) in [7, 11) is 1.50. The highest BCUT2D eigenvalue weighted by molar-refractivity contribution is 6.19. The minimum Gasteiger partial charge on any atom is -0.465 e. The maximum Gasteiger partial charge on any atom is 0.407 e. The van der Waals surface area contributed by atoms with Crippen LogP contribution in [-0.2, 0) is 6.42 Å². The molecule has 1 aromatic rings. The normalized spacial score (nSPS) is 17.8. The van der Waals surface area contributed by atoms with Gasteiger partial charge < -0.3 is 20.4 Å². The number of carboxylic acid groups (broad SMARTS) is 1. The van der Waals surface area contributed by atoms with E-state index in [-0.39, 0.29) is 11.9 Å². The van der Waals surface area contributed by atoms with E-state index in [9.17, 15) is 9.59 Å². The van der Waals surface area contributed by atoms with Gasteiger partial charge in [0.25, 0.3) is 5.91 Å². The topological polar surface area (TPSA) is 89.9 Å². The lowest BCUT2D eigenvalue weighted by Crippen LogP contribution is -2.29. The Hall–Kier alpha value is -1.79. The third-order valence-electron chi connectivity index (χ3n) is 3.79. The summed E-state index contributed by atoms with van der Waals surface area (Å²) in [5.41, 5.74) is 1.61. The van der Waals surface area contributed by atoms with E-state index in [2.05, 4.69) is 5.32 Å². The number of fused-ring (bicyclic) bond motifs is 1. The van der Waals surface area contributed by atoms with Crippen molar-refractivity contribution in [3.05, 3.63) is 34.9 Å². The van der Waals surface area contributed by atoms with Gasteiger partial charge in [0, 0.05) is 19.2 Å². The summed E-state index contributed by atoms with van der Waals surface area (Å²) in [5.74, 6) is -0.137. The highest BCUT2D eigenvalue weighted by atomic mass is 35.5. The molecule has 22 heavy (non-hydrogen) atoms. The second-order valence-corrected chi connectivity index (χ2v) is 5.92. The van der Waals surface area contributed by atoms with Crippen LogP contribution >= 0.6 is 11.6 Å². The van der Waals surface area contributed by atoms with E-state index in [4.69, 9.17) is 21.8 Å². The minimum atomic E-state index is -0.991. The van der Waals surface area contributed by atoms with E-state index in [0.717, 1.165) is 11.1 Å². The monoisotopic (exact) mass is 326 g/mol. The molecule has 0 bridgehead atoms. The lowest BCUT2D eigenvalue weighted by molar-refractivity contribution is 0.0953. The predicted molar refractivity (Wildman–Crippen MR) is 82.1 cm³/mol. The van der Waals surface area contributed by atoms with Gasteiger partial charge in [0.05, 0.1) is 6.04 Å². The summed E-state index contributed by atoms with van der Waals surface area (Å²) in [6.07, 6.45) is 0.583. The van der Waals surface area contributed by atoms with Crippen molar-refractivity contribution in [2.75, 3.05) is 13.6 Å². The third-order valence-corrected chi connectivity index (χ3v) is 4.01. The molecule has 2 amide bonds. The van der Waals surface area contributed by atoms with Gasteiger partial charge in [-0.1, -0.05) is 23.7 Å². The molecule has 0 fully saturated rings. The Labute approximate surface area is 133 Å². The summed E-state index contributed by atoms with van der Waals surface area (Å²) < 4.78 is 0. The number of benzene rings is 1. The Kier molecular flexibility index (Phi) is 5.26. The zero-order valence-corrected chi connectivity index (χ0v) is 13.0. The van der Waals surface area contributed by atoms with Gasteiger partial charge in [0.2, 0.25) is 0 Å². The van der Waals surface area contributed by atoms with Crippen LogP contribution in [-0.4, -0.2) is 46.3 Å². The van der Waals surface area contributed by atoms with Gasteiger partial charge in [0.1, 0.15) is 5.56 Å². The molecule has 1 aliphatic rings. The Balaban J connectivity index is 2.09. The second kappa shape index (κ2) is 6.98. The first-order valence-electron chi connectivity index (χ1n) is 7.08. The predicted octanol–water partition coefficient (Wildman–Crippen LogP) is 1.96. The fourth-order valence-electron chi connectivity index (χ4n) is 2.51. The average Bonchev–Trinajstić information content (AvgIpc) is 2.78. The smallest absolute Gasteiger partial charge is 0.407 e. The van der Waals surface area contributed by atoms with Crippen LogP contribution in [0.2, 0.25) is 0 Å². The van der Waals surface area contributed by atoms with Crippen LogP contribution in [0.5, 0.6) is 0 Å². The molecule has 0 spiro atoms. The first-order valence-corrected chi connectivity index (χ1v) is 7.52. The van der Waals surface area contributed by atoms with Crippen molar-refractivity contribution in [2.45, 2.75) is 30.9 Å². The van der Waals surface area contributed by atoms with Crippen LogP contribution in [0.4, 0.5) is 4.79 Å². The Morgan fingerprint density at radius 2 is 2.23 bits per heavy atom. The maximum atomic E-state index is 11.9. The third kappa shape index (κ3) is 3.90. The number of aliphatic hydroxyl groups excluding tert-OH is 1. The number of aliphatic hydroxyl groups is 1. The van der Waals surface area contributed by atoms with E-state index in [1.54, 1.807) is 6.07 Å². The lowest BCUT2D eigenvalue weighted by atomic mass is 9.98. The summed E-state index contributed by atoms with van der Waals surface area (Å²) in [4.78, 5) is 23.9. The molecule has 1 aromatic carbocycles. The fraction of sp³-hybridized carbons (Fsp3) is 0.467. The number of nitrogens with zero attached hydrogens (tertiary/aromatic N) is 1. The fourth-order valence-corrected chi connectivity index (χ4v) is 2.62. The van der Waals surface area contributed by atoms with E-state index >= 15 is 0 Å². The van der Waals surface area contributed by atoms with Crippen molar-refractivity contribution in [1.82, 2.24) is 10.2 Å². The molecular formula is C15H19ClN2O4. The van der Waals surface area contributed by atoms with Gasteiger partial charge in [-0.15, -0.1) is 0 Å². The molecule has 2 atom stereocenters. The van der Waals surface area contributed by atoms with Crippen molar-refractivity contribution in [1.29, 1.82) is 0 Å². The summed E-state index contributed by atoms with van der Waals surface area (Å²) >= 11 is 5.54. The number of carbonyl (C=O) groups is 2. The van der Waals surface area contributed by atoms with Crippen molar-refractivity contribution < 1.29 is 19.8 Å². The highest BCUT2D eigenvalue weighted by Gasteiger charge is 2.28. The number of aryl methyl sites for hydroxylation is 1. The number of hydrogen-bond acceptors (Lipinski definition) is 3. The Morgan fingerprint density at radius 1 is 1.50 bits per heavy atom. The van der Waals surface area contributed by atoms with Gasteiger partial charge in [-0.2, -0.15) is 0 Å². The van der Waals surface area contributed by atoms with Gasteiger partial charge in [-0.3, -0.25) is 4.79 Å². The molecule has 7 heteroatoms. The van der Waals surface area contributed by atoms with E-state index < -0.39 is 11.7 Å². The van der Waals surface area contributed by atoms with Crippen LogP contribution in [0, 0.1) is 0 Å². The zero-order chi connectivity index (χ0) is 16.3. The van der Waals surface area contributed by atoms with Gasteiger partial charge in [0.15, 0.2) is 0 Å². The number of alkyl halides is 1. The summed E-state index contributed by atoms with van der Waals surface area (Å²) in [6.45, 7) is 0.338. The molecule has 0 aromatic heterocycles. The quantitative estimate of drug-likeness (QED) is 0.697. The van der Waals surface area contributed by atoms with Crippen LogP contribution in [0.1, 0.15) is 40.4 Å². The zero-order valence-electron chi connectivity index (χ0n) is 12.3. The van der Waals surface area contributed by atoms with Crippen LogP contribution in [0.15, 0.2) is 18.2 Å². The van der Waals surface area contributed by atoms with E-state index in [0.29, 0.717) is 31.4 Å². The Bertz CT molecular complexity index is 577. The summed E-state index contributed by atoms with van der Waals surface area (Å²) in [5, 5.41) is 20.9. The second-order valence-electron chi connectivity index (χ2n) is 5.41. The summed E-state index contributed by atoms with van der Waals surface area (Å²) in [6, 6.07) is 5.35. The number of nitrogens with one attached hydrogen (secondary N) is 1. The highest BCUT2D eigenvalue weighted by Crippen LogP contribution is 2.29. The minimum absolute atomic E-state index is 0.137. The average molecular weight is 327 g/mol. The van der Waals surface area contributed by atoms with Gasteiger partial charge in [-0.25, -0.2) is 4.79 Å². The molecular weight excluding hydrogens is 308 g/mol. The van der Waals surface area contributed by atoms with Crippen molar-refractivity contribution in [3.8, 4) is 0 Å². The first-order chi connectivity index (χ1) is 10.4. The molecule has 0 aliphatic carbocycles. The molecule has 0 radical (unpaired) electrons. The number of hydrogen-bond donors (Lipinski definition) is 3. The lowest BCUT2D eigenvalue weighted by Gasteiger charge is -2.17. The molecule has 0 saturated heterocycles. The van der Waals surface area contributed by atoms with E-state index in [1.165, 1.54) is 11.9 Å². The first kappa shape index (κ1) is 16.6.